The van der Waals surface area contributed by atoms with Gasteiger partial charge >= 0.3 is 0 Å². The molecule has 112 valence electrons. The van der Waals surface area contributed by atoms with Gasteiger partial charge in [-0.15, -0.1) is 0 Å². The van der Waals surface area contributed by atoms with Gasteiger partial charge in [0.1, 0.15) is 11.5 Å². The Labute approximate surface area is 134 Å². The van der Waals surface area contributed by atoms with Crippen LogP contribution in [0, 0.1) is 0 Å². The highest BCUT2D eigenvalue weighted by Crippen LogP contribution is 2.28. The quantitative estimate of drug-likeness (QED) is 0.718. The zero-order valence-corrected chi connectivity index (χ0v) is 13.1. The van der Waals surface area contributed by atoms with E-state index >= 15 is 0 Å². The molecule has 3 nitrogen and oxygen atoms in total. The molecule has 0 aliphatic heterocycles. The van der Waals surface area contributed by atoms with Crippen molar-refractivity contribution in [2.24, 2.45) is 0 Å². The molecule has 1 atom stereocenters. The number of phenolic OH excluding ortho intramolecular Hbond substituents is 2. The first kappa shape index (κ1) is 16.0. The Hall–Kier alpha value is -1.42. The molecule has 1 unspecified atom stereocenters. The molecule has 0 fully saturated rings. The average molecular weight is 326 g/mol. The van der Waals surface area contributed by atoms with Crippen molar-refractivity contribution in [3.63, 3.8) is 0 Å². The molecule has 0 spiro atoms. The van der Waals surface area contributed by atoms with E-state index in [2.05, 4.69) is 5.32 Å². The highest BCUT2D eigenvalue weighted by Gasteiger charge is 2.11. The minimum Gasteiger partial charge on any atom is -0.508 e. The SMILES string of the molecule is CC(NCCc1ccc(Cl)cc1Cl)c1cc(O)ccc1O. The lowest BCUT2D eigenvalue weighted by atomic mass is 10.1. The van der Waals surface area contributed by atoms with Crippen LogP contribution in [0.15, 0.2) is 36.4 Å². The molecule has 2 aromatic rings. The molecule has 0 saturated carbocycles. The Bertz CT molecular complexity index is 632. The van der Waals surface area contributed by atoms with Crippen LogP contribution in [-0.2, 0) is 6.42 Å². The summed E-state index contributed by atoms with van der Waals surface area (Å²) in [5.74, 6) is 0.300. The fourth-order valence-corrected chi connectivity index (χ4v) is 2.65. The molecule has 2 aromatic carbocycles. The van der Waals surface area contributed by atoms with Crippen molar-refractivity contribution >= 4 is 23.2 Å². The highest BCUT2D eigenvalue weighted by atomic mass is 35.5. The lowest BCUT2D eigenvalue weighted by molar-refractivity contribution is 0.441. The normalized spacial score (nSPS) is 12.3. The molecule has 2 rings (SSSR count). The smallest absolute Gasteiger partial charge is 0.120 e. The first-order chi connectivity index (χ1) is 9.97. The number of benzene rings is 2. The number of hydrogen-bond acceptors (Lipinski definition) is 3. The monoisotopic (exact) mass is 325 g/mol. The maximum Gasteiger partial charge on any atom is 0.120 e. The molecule has 0 heterocycles. The van der Waals surface area contributed by atoms with E-state index in [0.717, 1.165) is 12.0 Å². The topological polar surface area (TPSA) is 52.5 Å². The third-order valence-corrected chi connectivity index (χ3v) is 3.92. The van der Waals surface area contributed by atoms with Gasteiger partial charge in [-0.25, -0.2) is 0 Å². The molecule has 0 bridgehead atoms. The summed E-state index contributed by atoms with van der Waals surface area (Å²) in [6, 6.07) is 9.86. The summed E-state index contributed by atoms with van der Waals surface area (Å²) in [6.45, 7) is 2.62. The van der Waals surface area contributed by atoms with Gasteiger partial charge in [-0.2, -0.15) is 0 Å². The van der Waals surface area contributed by atoms with E-state index in [1.807, 2.05) is 19.1 Å². The molecule has 5 heteroatoms. The highest BCUT2D eigenvalue weighted by molar-refractivity contribution is 6.35. The van der Waals surface area contributed by atoms with Gasteiger partial charge in [-0.3, -0.25) is 0 Å². The zero-order valence-electron chi connectivity index (χ0n) is 11.6. The molecular weight excluding hydrogens is 309 g/mol. The van der Waals surface area contributed by atoms with Crippen LogP contribution in [0.1, 0.15) is 24.1 Å². The summed E-state index contributed by atoms with van der Waals surface area (Å²) in [7, 11) is 0. The second kappa shape index (κ2) is 7.03. The predicted octanol–water partition coefficient (Wildman–Crippen LogP) is 4.30. The standard InChI is InChI=1S/C16H17Cl2NO2/c1-10(14-9-13(20)4-5-16(14)21)19-7-6-11-2-3-12(17)8-15(11)18/h2-5,8-10,19-21H,6-7H2,1H3. The third kappa shape index (κ3) is 4.27. The predicted molar refractivity (Wildman–Crippen MR) is 86.4 cm³/mol. The van der Waals surface area contributed by atoms with Gasteiger partial charge in [0.05, 0.1) is 0 Å². The van der Waals surface area contributed by atoms with Gasteiger partial charge in [0, 0.05) is 21.7 Å². The van der Waals surface area contributed by atoms with Gasteiger partial charge < -0.3 is 15.5 Å². The summed E-state index contributed by atoms with van der Waals surface area (Å²) in [5.41, 5.74) is 1.68. The van der Waals surface area contributed by atoms with E-state index in [-0.39, 0.29) is 17.5 Å². The van der Waals surface area contributed by atoms with E-state index in [4.69, 9.17) is 23.2 Å². The van der Waals surface area contributed by atoms with Crippen molar-refractivity contribution in [3.8, 4) is 11.5 Å². The number of phenols is 2. The molecule has 3 N–H and O–H groups in total. The fourth-order valence-electron chi connectivity index (χ4n) is 2.15. The molecular formula is C16H17Cl2NO2. The van der Waals surface area contributed by atoms with Crippen LogP contribution in [0.2, 0.25) is 10.0 Å². The minimum atomic E-state index is -0.0804. The molecule has 0 radical (unpaired) electrons. The summed E-state index contributed by atoms with van der Waals surface area (Å²) < 4.78 is 0. The Kier molecular flexibility index (Phi) is 5.34. The fraction of sp³-hybridized carbons (Fsp3) is 0.250. The van der Waals surface area contributed by atoms with Crippen molar-refractivity contribution in [2.75, 3.05) is 6.54 Å². The van der Waals surface area contributed by atoms with E-state index < -0.39 is 0 Å². The summed E-state index contributed by atoms with van der Waals surface area (Å²) in [6.07, 6.45) is 0.750. The van der Waals surface area contributed by atoms with Gasteiger partial charge in [0.15, 0.2) is 0 Å². The van der Waals surface area contributed by atoms with Crippen LogP contribution >= 0.6 is 23.2 Å². The maximum absolute atomic E-state index is 9.81. The van der Waals surface area contributed by atoms with Crippen LogP contribution in [0.5, 0.6) is 11.5 Å². The molecule has 0 saturated heterocycles. The van der Waals surface area contributed by atoms with Crippen molar-refractivity contribution < 1.29 is 10.2 Å². The van der Waals surface area contributed by atoms with Gasteiger partial charge in [-0.05, 0) is 55.8 Å². The Morgan fingerprint density at radius 2 is 1.86 bits per heavy atom. The second-order valence-corrected chi connectivity index (χ2v) is 5.75. The van der Waals surface area contributed by atoms with Gasteiger partial charge in [-0.1, -0.05) is 29.3 Å². The first-order valence-electron chi connectivity index (χ1n) is 6.66. The first-order valence-corrected chi connectivity index (χ1v) is 7.42. The number of rotatable bonds is 5. The van der Waals surface area contributed by atoms with Gasteiger partial charge in [0.25, 0.3) is 0 Å². The Morgan fingerprint density at radius 3 is 2.57 bits per heavy atom. The van der Waals surface area contributed by atoms with Crippen molar-refractivity contribution in [3.05, 3.63) is 57.6 Å². The molecule has 0 aliphatic carbocycles. The Morgan fingerprint density at radius 1 is 1.10 bits per heavy atom. The number of halogens is 2. The number of aromatic hydroxyl groups is 2. The molecule has 0 aliphatic rings. The molecule has 21 heavy (non-hydrogen) atoms. The number of hydrogen-bond donors (Lipinski definition) is 3. The molecule has 0 aromatic heterocycles. The van der Waals surface area contributed by atoms with Crippen LogP contribution in [0.3, 0.4) is 0 Å². The summed E-state index contributed by atoms with van der Waals surface area (Å²) in [5, 5.41) is 23.9. The number of nitrogens with one attached hydrogen (secondary N) is 1. The van der Waals surface area contributed by atoms with Crippen LogP contribution < -0.4 is 5.32 Å². The lowest BCUT2D eigenvalue weighted by Gasteiger charge is -2.16. The van der Waals surface area contributed by atoms with E-state index in [1.54, 1.807) is 12.1 Å². The largest absolute Gasteiger partial charge is 0.508 e. The summed E-state index contributed by atoms with van der Waals surface area (Å²) >= 11 is 12.0. The van der Waals surface area contributed by atoms with Crippen molar-refractivity contribution in [1.29, 1.82) is 0 Å². The minimum absolute atomic E-state index is 0.0804. The summed E-state index contributed by atoms with van der Waals surface area (Å²) in [4.78, 5) is 0. The molecule has 0 amide bonds. The van der Waals surface area contributed by atoms with E-state index in [0.29, 0.717) is 22.2 Å². The van der Waals surface area contributed by atoms with Gasteiger partial charge in [0.2, 0.25) is 0 Å². The van der Waals surface area contributed by atoms with E-state index in [9.17, 15) is 10.2 Å². The van der Waals surface area contributed by atoms with Crippen LogP contribution in [-0.4, -0.2) is 16.8 Å². The Balaban J connectivity index is 1.95. The van der Waals surface area contributed by atoms with Crippen molar-refractivity contribution in [2.45, 2.75) is 19.4 Å². The average Bonchev–Trinajstić information content (AvgIpc) is 2.43. The third-order valence-electron chi connectivity index (χ3n) is 3.34. The second-order valence-electron chi connectivity index (χ2n) is 4.90. The van der Waals surface area contributed by atoms with Crippen LogP contribution in [0.25, 0.3) is 0 Å². The van der Waals surface area contributed by atoms with Crippen LogP contribution in [0.4, 0.5) is 0 Å². The lowest BCUT2D eigenvalue weighted by Crippen LogP contribution is -2.21. The van der Waals surface area contributed by atoms with Crippen molar-refractivity contribution in [1.82, 2.24) is 5.32 Å². The zero-order chi connectivity index (χ0) is 15.4. The maximum atomic E-state index is 9.81. The van der Waals surface area contributed by atoms with E-state index in [1.165, 1.54) is 12.1 Å².